The largest absolute Gasteiger partial charge is 0.497 e. The number of rotatable bonds is 7. The summed E-state index contributed by atoms with van der Waals surface area (Å²) in [5, 5.41) is 12.5. The zero-order chi connectivity index (χ0) is 15.2. The van der Waals surface area contributed by atoms with Crippen LogP contribution in [0.1, 0.15) is 16.6 Å². The van der Waals surface area contributed by atoms with Crippen LogP contribution in [0.2, 0.25) is 0 Å². The van der Waals surface area contributed by atoms with Crippen LogP contribution in [-0.2, 0) is 0 Å². The van der Waals surface area contributed by atoms with Crippen molar-refractivity contribution in [1.29, 1.82) is 0 Å². The summed E-state index contributed by atoms with van der Waals surface area (Å²) < 4.78 is 11.7. The fourth-order valence-electron chi connectivity index (χ4n) is 1.93. The smallest absolute Gasteiger partial charge is 0.174 e. The van der Waals surface area contributed by atoms with Crippen molar-refractivity contribution in [1.82, 2.24) is 15.5 Å². The summed E-state index contributed by atoms with van der Waals surface area (Å²) in [6.07, 6.45) is 0. The fourth-order valence-corrected chi connectivity index (χ4v) is 3.90. The molecule has 1 aromatic carbocycles. The molecule has 0 saturated heterocycles. The molecule has 1 atom stereocenters. The molecule has 2 aromatic rings. The van der Waals surface area contributed by atoms with Gasteiger partial charge in [0.05, 0.1) is 14.2 Å². The van der Waals surface area contributed by atoms with Crippen LogP contribution in [0.4, 0.5) is 0 Å². The highest BCUT2D eigenvalue weighted by Gasteiger charge is 2.17. The quantitative estimate of drug-likeness (QED) is 0.790. The molecule has 1 aromatic heterocycles. The number of methoxy groups -OCH3 is 2. The van der Waals surface area contributed by atoms with Gasteiger partial charge in [0, 0.05) is 17.4 Å². The summed E-state index contributed by atoms with van der Waals surface area (Å²) in [5.41, 5.74) is 1.08. The number of aromatic nitrogens is 2. The average molecular weight is 325 g/mol. The van der Waals surface area contributed by atoms with Crippen molar-refractivity contribution >= 4 is 23.1 Å². The minimum absolute atomic E-state index is 0.143. The summed E-state index contributed by atoms with van der Waals surface area (Å²) in [7, 11) is 5.29. The number of hydrogen-bond donors (Lipinski definition) is 1. The number of nitrogens with zero attached hydrogens (tertiary/aromatic N) is 2. The molecule has 1 heterocycles. The molecule has 0 spiro atoms. The van der Waals surface area contributed by atoms with E-state index in [-0.39, 0.29) is 6.04 Å². The lowest BCUT2D eigenvalue weighted by atomic mass is 10.1. The molecule has 5 nitrogen and oxygen atoms in total. The van der Waals surface area contributed by atoms with E-state index < -0.39 is 0 Å². The van der Waals surface area contributed by atoms with E-state index in [0.29, 0.717) is 0 Å². The van der Waals surface area contributed by atoms with Gasteiger partial charge in [0.25, 0.3) is 0 Å². The first-order valence-electron chi connectivity index (χ1n) is 6.50. The standard InChI is InChI=1S/C14H19N3O2S2/c1-9-16-17-14(21-9)20-8-12(15-2)11-7-10(18-3)5-6-13(11)19-4/h5-7,12,15H,8H2,1-4H3. The van der Waals surface area contributed by atoms with Crippen molar-refractivity contribution in [3.8, 4) is 11.5 Å². The molecule has 114 valence electrons. The van der Waals surface area contributed by atoms with E-state index in [1.165, 1.54) is 0 Å². The number of benzene rings is 1. The second-order valence-electron chi connectivity index (χ2n) is 4.35. The summed E-state index contributed by atoms with van der Waals surface area (Å²) in [4.78, 5) is 0. The fraction of sp³-hybridized carbons (Fsp3) is 0.429. The zero-order valence-electron chi connectivity index (χ0n) is 12.5. The second-order valence-corrected chi connectivity index (χ2v) is 6.80. The van der Waals surface area contributed by atoms with Crippen LogP contribution in [0, 0.1) is 6.92 Å². The van der Waals surface area contributed by atoms with E-state index >= 15 is 0 Å². The number of nitrogens with one attached hydrogen (secondary N) is 1. The number of ether oxygens (including phenoxy) is 2. The molecule has 0 saturated carbocycles. The van der Waals surface area contributed by atoms with Gasteiger partial charge in [-0.25, -0.2) is 0 Å². The van der Waals surface area contributed by atoms with E-state index in [2.05, 4.69) is 15.5 Å². The van der Waals surface area contributed by atoms with Crippen molar-refractivity contribution in [2.75, 3.05) is 27.0 Å². The van der Waals surface area contributed by atoms with Crippen LogP contribution < -0.4 is 14.8 Å². The molecule has 1 unspecified atom stereocenters. The van der Waals surface area contributed by atoms with Gasteiger partial charge in [0.15, 0.2) is 4.34 Å². The van der Waals surface area contributed by atoms with Crippen molar-refractivity contribution in [3.05, 3.63) is 28.8 Å². The van der Waals surface area contributed by atoms with Crippen molar-refractivity contribution in [2.45, 2.75) is 17.3 Å². The molecule has 0 bridgehead atoms. The maximum atomic E-state index is 5.45. The predicted molar refractivity (Wildman–Crippen MR) is 86.7 cm³/mol. The van der Waals surface area contributed by atoms with Gasteiger partial charge in [-0.2, -0.15) is 0 Å². The SMILES string of the molecule is CNC(CSc1nnc(C)s1)c1cc(OC)ccc1OC. The monoisotopic (exact) mass is 325 g/mol. The van der Waals surface area contributed by atoms with E-state index in [4.69, 9.17) is 9.47 Å². The van der Waals surface area contributed by atoms with Crippen molar-refractivity contribution < 1.29 is 9.47 Å². The first kappa shape index (κ1) is 16.1. The van der Waals surface area contributed by atoms with E-state index in [1.807, 2.05) is 32.2 Å². The van der Waals surface area contributed by atoms with Gasteiger partial charge < -0.3 is 14.8 Å². The molecule has 0 aliphatic heterocycles. The normalized spacial score (nSPS) is 12.2. The third-order valence-electron chi connectivity index (χ3n) is 3.04. The maximum absolute atomic E-state index is 5.45. The Labute approximate surface area is 133 Å². The van der Waals surface area contributed by atoms with Crippen LogP contribution in [0.15, 0.2) is 22.5 Å². The van der Waals surface area contributed by atoms with Gasteiger partial charge >= 0.3 is 0 Å². The molecule has 7 heteroatoms. The average Bonchev–Trinajstić information content (AvgIpc) is 2.93. The van der Waals surface area contributed by atoms with Crippen LogP contribution in [0.5, 0.6) is 11.5 Å². The number of thioether (sulfide) groups is 1. The highest BCUT2D eigenvalue weighted by molar-refractivity contribution is 8.01. The molecular formula is C14H19N3O2S2. The molecule has 0 aliphatic carbocycles. The van der Waals surface area contributed by atoms with E-state index in [1.54, 1.807) is 37.3 Å². The van der Waals surface area contributed by atoms with Crippen molar-refractivity contribution in [2.24, 2.45) is 0 Å². The predicted octanol–water partition coefficient (Wildman–Crippen LogP) is 2.92. The Morgan fingerprint density at radius 1 is 1.29 bits per heavy atom. The first-order chi connectivity index (χ1) is 10.2. The van der Waals surface area contributed by atoms with Crippen LogP contribution >= 0.6 is 23.1 Å². The van der Waals surface area contributed by atoms with Gasteiger partial charge in [0.2, 0.25) is 0 Å². The van der Waals surface area contributed by atoms with Gasteiger partial charge in [-0.15, -0.1) is 10.2 Å². The Bertz CT molecular complexity index is 589. The summed E-state index contributed by atoms with van der Waals surface area (Å²) in [6, 6.07) is 5.98. The zero-order valence-corrected chi connectivity index (χ0v) is 14.2. The van der Waals surface area contributed by atoms with Gasteiger partial charge in [0.1, 0.15) is 16.5 Å². The molecule has 0 amide bonds. The van der Waals surface area contributed by atoms with Gasteiger partial charge in [-0.05, 0) is 32.2 Å². The number of aryl methyl sites for hydroxylation is 1. The summed E-state index contributed by atoms with van der Waals surface area (Å²) >= 11 is 3.30. The molecule has 1 N–H and O–H groups in total. The maximum Gasteiger partial charge on any atom is 0.174 e. The lowest BCUT2D eigenvalue weighted by Gasteiger charge is -2.19. The van der Waals surface area contributed by atoms with Crippen LogP contribution in [0.3, 0.4) is 0 Å². The Kier molecular flexibility index (Phi) is 5.84. The Balaban J connectivity index is 2.15. The van der Waals surface area contributed by atoms with E-state index in [9.17, 15) is 0 Å². The summed E-state index contributed by atoms with van der Waals surface area (Å²) in [6.45, 7) is 1.96. The van der Waals surface area contributed by atoms with Gasteiger partial charge in [-0.1, -0.05) is 23.1 Å². The lowest BCUT2D eigenvalue weighted by molar-refractivity contribution is 0.394. The number of hydrogen-bond acceptors (Lipinski definition) is 7. The molecular weight excluding hydrogens is 306 g/mol. The Morgan fingerprint density at radius 3 is 2.67 bits per heavy atom. The van der Waals surface area contributed by atoms with Gasteiger partial charge in [-0.3, -0.25) is 0 Å². The molecule has 21 heavy (non-hydrogen) atoms. The topological polar surface area (TPSA) is 56.3 Å². The van der Waals surface area contributed by atoms with E-state index in [0.717, 1.165) is 32.2 Å². The third-order valence-corrected chi connectivity index (χ3v) is 5.11. The molecule has 0 aliphatic rings. The minimum atomic E-state index is 0.143. The minimum Gasteiger partial charge on any atom is -0.497 e. The lowest BCUT2D eigenvalue weighted by Crippen LogP contribution is -2.19. The molecule has 0 fully saturated rings. The first-order valence-corrected chi connectivity index (χ1v) is 8.30. The molecule has 0 radical (unpaired) electrons. The highest BCUT2D eigenvalue weighted by atomic mass is 32.2. The highest BCUT2D eigenvalue weighted by Crippen LogP contribution is 2.33. The second kappa shape index (κ2) is 7.63. The Hall–Kier alpha value is -1.31. The van der Waals surface area contributed by atoms with Crippen LogP contribution in [0.25, 0.3) is 0 Å². The van der Waals surface area contributed by atoms with Crippen LogP contribution in [-0.4, -0.2) is 37.2 Å². The summed E-state index contributed by atoms with van der Waals surface area (Å²) in [5.74, 6) is 2.52. The third kappa shape index (κ3) is 4.09. The Morgan fingerprint density at radius 2 is 2.10 bits per heavy atom. The molecule has 2 rings (SSSR count). The van der Waals surface area contributed by atoms with Crippen molar-refractivity contribution in [3.63, 3.8) is 0 Å².